The highest BCUT2D eigenvalue weighted by atomic mass is 35.5. The highest BCUT2D eigenvalue weighted by Crippen LogP contribution is 2.26. The van der Waals surface area contributed by atoms with Crippen LogP contribution < -0.4 is 18.8 Å². The van der Waals surface area contributed by atoms with Crippen LogP contribution in [0.15, 0.2) is 24.3 Å². The Hall–Kier alpha value is -1.86. The van der Waals surface area contributed by atoms with Gasteiger partial charge in [-0.2, -0.15) is 9.97 Å². The molecule has 0 N–H and O–H groups in total. The van der Waals surface area contributed by atoms with Crippen LogP contribution in [0.5, 0.6) is 23.5 Å². The third-order valence-corrected chi connectivity index (χ3v) is 2.89. The van der Waals surface area contributed by atoms with Crippen LogP contribution in [-0.2, 0) is 0 Å². The molecule has 0 amide bonds. The van der Waals surface area contributed by atoms with E-state index in [1.54, 1.807) is 24.3 Å². The molecule has 2 aromatic rings. The Balaban J connectivity index is 2.01. The van der Waals surface area contributed by atoms with E-state index in [1.165, 1.54) is 14.2 Å². The first-order valence-corrected chi connectivity index (χ1v) is 6.45. The van der Waals surface area contributed by atoms with Crippen molar-refractivity contribution in [1.82, 2.24) is 9.97 Å². The molecule has 2 aromatic heterocycles. The minimum atomic E-state index is 0.134. The normalized spacial score (nSPS) is 9.90. The summed E-state index contributed by atoms with van der Waals surface area (Å²) >= 11 is 11.9. The van der Waals surface area contributed by atoms with E-state index >= 15 is 0 Å². The summed E-state index contributed by atoms with van der Waals surface area (Å²) in [5.74, 6) is 0.991. The molecule has 6 nitrogen and oxygen atoms in total. The average molecular weight is 328 g/mol. The smallest absolute Gasteiger partial charge is 0.511 e. The first-order chi connectivity index (χ1) is 10.1. The van der Waals surface area contributed by atoms with Crippen molar-refractivity contribution < 1.29 is 18.8 Å². The zero-order chi connectivity index (χ0) is 15.2. The van der Waals surface area contributed by atoms with E-state index in [2.05, 4.69) is 9.97 Å². The van der Waals surface area contributed by atoms with Crippen LogP contribution in [0.1, 0.15) is 0 Å². The highest BCUT2D eigenvalue weighted by molar-refractivity contribution is 6.33. The summed E-state index contributed by atoms with van der Waals surface area (Å²) in [7, 11) is 3.99. The number of rotatable bonds is 6. The van der Waals surface area contributed by atoms with Crippen molar-refractivity contribution in [3.05, 3.63) is 34.3 Å². The van der Waals surface area contributed by atoms with Crippen molar-refractivity contribution in [2.75, 3.05) is 14.2 Å². The zero-order valence-corrected chi connectivity index (χ0v) is 12.7. The van der Waals surface area contributed by atoms with E-state index in [0.29, 0.717) is 21.8 Å². The fourth-order valence-electron chi connectivity index (χ4n) is 1.32. The van der Waals surface area contributed by atoms with Crippen molar-refractivity contribution in [3.63, 3.8) is 0 Å². The topological polar surface area (TPSA) is 62.7 Å². The second kappa shape index (κ2) is 7.24. The summed E-state index contributed by atoms with van der Waals surface area (Å²) in [5, 5.41) is 0.612. The van der Waals surface area contributed by atoms with Crippen LogP contribution in [0.2, 0.25) is 10.0 Å². The molecule has 1 radical (unpaired) electrons. The van der Waals surface area contributed by atoms with E-state index in [0.717, 1.165) is 7.69 Å². The standard InChI is InChI=1S/C12H10BCl2N2O4/c1-18-9-5-3-7(14)11(16-9)20-13-21-12-8(15)4-6-10(17-12)19-2/h3-6H,1-2H3. The number of nitrogens with zero attached hydrogens (tertiary/aromatic N) is 2. The molecular formula is C12H10BCl2N2O4. The largest absolute Gasteiger partial charge is 0.660 e. The molecule has 0 bridgehead atoms. The molecule has 0 aromatic carbocycles. The summed E-state index contributed by atoms with van der Waals surface area (Å²) in [4.78, 5) is 8.02. The lowest BCUT2D eigenvalue weighted by Crippen LogP contribution is -2.13. The Morgan fingerprint density at radius 1 is 0.810 bits per heavy atom. The number of pyridine rings is 2. The molecule has 0 aliphatic rings. The van der Waals surface area contributed by atoms with Gasteiger partial charge in [-0.15, -0.1) is 0 Å². The SMILES string of the molecule is COc1ccc(Cl)c(O[B]Oc2nc(OC)ccc2Cl)n1. The molecule has 0 atom stereocenters. The second-order valence-corrected chi connectivity index (χ2v) is 4.43. The lowest BCUT2D eigenvalue weighted by molar-refractivity contribution is 0.378. The molecule has 0 aliphatic carbocycles. The predicted molar refractivity (Wildman–Crippen MR) is 78.6 cm³/mol. The molecule has 0 unspecified atom stereocenters. The average Bonchev–Trinajstić information content (AvgIpc) is 2.51. The van der Waals surface area contributed by atoms with Crippen molar-refractivity contribution in [2.45, 2.75) is 0 Å². The monoisotopic (exact) mass is 327 g/mol. The van der Waals surface area contributed by atoms with Gasteiger partial charge >= 0.3 is 7.69 Å². The quantitative estimate of drug-likeness (QED) is 0.760. The Morgan fingerprint density at radius 3 is 1.62 bits per heavy atom. The van der Waals surface area contributed by atoms with E-state index in [4.69, 9.17) is 42.0 Å². The summed E-state index contributed by atoms with van der Waals surface area (Å²) in [6.07, 6.45) is 0. The molecule has 0 aliphatic heterocycles. The van der Waals surface area contributed by atoms with Crippen LogP contribution in [0.4, 0.5) is 0 Å². The third-order valence-electron chi connectivity index (χ3n) is 2.31. The van der Waals surface area contributed by atoms with Gasteiger partial charge in [0, 0.05) is 12.1 Å². The van der Waals surface area contributed by atoms with E-state index in [1.807, 2.05) is 0 Å². The molecule has 21 heavy (non-hydrogen) atoms. The molecule has 109 valence electrons. The van der Waals surface area contributed by atoms with Crippen LogP contribution in [0.25, 0.3) is 0 Å². The van der Waals surface area contributed by atoms with Crippen LogP contribution in [-0.4, -0.2) is 31.9 Å². The summed E-state index contributed by atoms with van der Waals surface area (Å²) in [6.45, 7) is 0. The number of hydrogen-bond acceptors (Lipinski definition) is 6. The maximum absolute atomic E-state index is 5.93. The number of ether oxygens (including phenoxy) is 2. The summed E-state index contributed by atoms with van der Waals surface area (Å²) in [6, 6.07) is 6.40. The van der Waals surface area contributed by atoms with Crippen molar-refractivity contribution in [2.24, 2.45) is 0 Å². The molecule has 0 spiro atoms. The predicted octanol–water partition coefficient (Wildman–Crippen LogP) is 2.79. The fraction of sp³-hybridized carbons (Fsp3) is 0.167. The number of methoxy groups -OCH3 is 2. The Kier molecular flexibility index (Phi) is 5.35. The summed E-state index contributed by atoms with van der Waals surface area (Å²) < 4.78 is 20.3. The molecule has 0 saturated carbocycles. The van der Waals surface area contributed by atoms with Crippen molar-refractivity contribution in [3.8, 4) is 23.5 Å². The van der Waals surface area contributed by atoms with Gasteiger partial charge in [0.25, 0.3) is 0 Å². The van der Waals surface area contributed by atoms with Crippen LogP contribution in [0, 0.1) is 0 Å². The van der Waals surface area contributed by atoms with Gasteiger partial charge in [0.15, 0.2) is 0 Å². The third kappa shape index (κ3) is 4.06. The highest BCUT2D eigenvalue weighted by Gasteiger charge is 2.12. The van der Waals surface area contributed by atoms with Crippen molar-refractivity contribution in [1.29, 1.82) is 0 Å². The van der Waals surface area contributed by atoms with E-state index in [9.17, 15) is 0 Å². The minimum Gasteiger partial charge on any atom is -0.511 e. The van der Waals surface area contributed by atoms with Gasteiger partial charge in [0.05, 0.1) is 14.2 Å². The van der Waals surface area contributed by atoms with Crippen LogP contribution >= 0.6 is 23.2 Å². The van der Waals surface area contributed by atoms with Gasteiger partial charge in [0.1, 0.15) is 10.0 Å². The summed E-state index contributed by atoms with van der Waals surface area (Å²) in [5.41, 5.74) is 0. The first kappa shape index (κ1) is 15.5. The lowest BCUT2D eigenvalue weighted by atomic mass is 10.3. The van der Waals surface area contributed by atoms with Gasteiger partial charge in [-0.1, -0.05) is 23.2 Å². The maximum Gasteiger partial charge on any atom is 0.660 e. The number of halogens is 2. The fourth-order valence-corrected chi connectivity index (χ4v) is 1.62. The molecule has 9 heteroatoms. The van der Waals surface area contributed by atoms with Gasteiger partial charge in [0.2, 0.25) is 23.5 Å². The minimum absolute atomic E-state index is 0.134. The lowest BCUT2D eigenvalue weighted by Gasteiger charge is -2.09. The van der Waals surface area contributed by atoms with Gasteiger partial charge in [-0.05, 0) is 12.1 Å². The second-order valence-electron chi connectivity index (χ2n) is 3.61. The molecule has 0 fully saturated rings. The maximum atomic E-state index is 5.93. The van der Waals surface area contributed by atoms with Gasteiger partial charge in [-0.3, -0.25) is 0 Å². The molecular weight excluding hydrogens is 318 g/mol. The van der Waals surface area contributed by atoms with E-state index < -0.39 is 0 Å². The van der Waals surface area contributed by atoms with Crippen LogP contribution in [0.3, 0.4) is 0 Å². The number of aromatic nitrogens is 2. The van der Waals surface area contributed by atoms with Gasteiger partial charge < -0.3 is 18.8 Å². The number of hydrogen-bond donors (Lipinski definition) is 0. The Morgan fingerprint density at radius 2 is 1.24 bits per heavy atom. The van der Waals surface area contributed by atoms with E-state index in [-0.39, 0.29) is 11.8 Å². The molecule has 2 rings (SSSR count). The first-order valence-electron chi connectivity index (χ1n) is 5.70. The molecule has 0 saturated heterocycles. The van der Waals surface area contributed by atoms with Crippen molar-refractivity contribution >= 4 is 30.9 Å². The Bertz CT molecular complexity index is 577. The zero-order valence-electron chi connectivity index (χ0n) is 11.2. The van der Waals surface area contributed by atoms with Gasteiger partial charge in [-0.25, -0.2) is 0 Å². The molecule has 2 heterocycles. The Labute approximate surface area is 132 Å².